The number of hydrogen-bond donors (Lipinski definition) is 1. The fourth-order valence-corrected chi connectivity index (χ4v) is 1.62. The van der Waals surface area contributed by atoms with Gasteiger partial charge in [-0.3, -0.25) is 0 Å². The molecule has 0 atom stereocenters. The third kappa shape index (κ3) is 2.02. The van der Waals surface area contributed by atoms with Crippen molar-refractivity contribution in [2.24, 2.45) is 0 Å². The minimum absolute atomic E-state index is 0.0527. The van der Waals surface area contributed by atoms with Crippen molar-refractivity contribution in [1.29, 1.82) is 0 Å². The molecule has 0 amide bonds. The second kappa shape index (κ2) is 4.65. The fraction of sp³-hybridized carbons (Fsp3) is 0.111. The Morgan fingerprint density at radius 2 is 2.22 bits per heavy atom. The molecule has 2 aromatic rings. The standard InChI is InChI=1S/C9H5ClF2N4O2/c10-7-5(9(17)18)6(8(11)12)15-16(7)4-2-1-3-13-14-4/h1-3,8H,(H,17,18). The van der Waals surface area contributed by atoms with Gasteiger partial charge in [-0.15, -0.1) is 5.10 Å². The van der Waals surface area contributed by atoms with Crippen LogP contribution in [-0.4, -0.2) is 31.1 Å². The van der Waals surface area contributed by atoms with E-state index >= 15 is 0 Å². The molecule has 18 heavy (non-hydrogen) atoms. The second-order valence-electron chi connectivity index (χ2n) is 3.15. The van der Waals surface area contributed by atoms with Gasteiger partial charge in [0.05, 0.1) is 0 Å². The van der Waals surface area contributed by atoms with Crippen molar-refractivity contribution in [3.8, 4) is 5.82 Å². The largest absolute Gasteiger partial charge is 0.478 e. The maximum atomic E-state index is 12.7. The number of carbonyl (C=O) groups is 1. The minimum Gasteiger partial charge on any atom is -0.478 e. The summed E-state index contributed by atoms with van der Waals surface area (Å²) in [6, 6.07) is 2.90. The molecule has 6 nitrogen and oxygen atoms in total. The predicted octanol–water partition coefficient (Wildman–Crippen LogP) is 1.95. The summed E-state index contributed by atoms with van der Waals surface area (Å²) >= 11 is 5.72. The number of rotatable bonds is 3. The molecule has 2 aromatic heterocycles. The molecule has 0 aliphatic rings. The van der Waals surface area contributed by atoms with Crippen molar-refractivity contribution in [3.63, 3.8) is 0 Å². The summed E-state index contributed by atoms with van der Waals surface area (Å²) in [5, 5.41) is 19.0. The van der Waals surface area contributed by atoms with Gasteiger partial charge in [-0.2, -0.15) is 10.2 Å². The maximum absolute atomic E-state index is 12.7. The summed E-state index contributed by atoms with van der Waals surface area (Å²) in [7, 11) is 0. The van der Waals surface area contributed by atoms with Gasteiger partial charge in [0.1, 0.15) is 16.4 Å². The van der Waals surface area contributed by atoms with Gasteiger partial charge in [0, 0.05) is 6.20 Å². The molecule has 0 fully saturated rings. The van der Waals surface area contributed by atoms with Crippen LogP contribution in [0.2, 0.25) is 5.15 Å². The molecule has 0 radical (unpaired) electrons. The molecule has 2 rings (SSSR count). The van der Waals surface area contributed by atoms with Crippen LogP contribution in [-0.2, 0) is 0 Å². The van der Waals surface area contributed by atoms with Gasteiger partial charge in [-0.25, -0.2) is 18.3 Å². The van der Waals surface area contributed by atoms with Crippen molar-refractivity contribution in [1.82, 2.24) is 20.0 Å². The Balaban J connectivity index is 2.64. The summed E-state index contributed by atoms with van der Waals surface area (Å²) < 4.78 is 26.1. The lowest BCUT2D eigenvalue weighted by Crippen LogP contribution is -2.01. The van der Waals surface area contributed by atoms with E-state index in [0.717, 1.165) is 4.68 Å². The lowest BCUT2D eigenvalue weighted by molar-refractivity contribution is 0.0684. The number of hydrogen-bond acceptors (Lipinski definition) is 4. The molecule has 0 aromatic carbocycles. The van der Waals surface area contributed by atoms with Crippen molar-refractivity contribution < 1.29 is 18.7 Å². The monoisotopic (exact) mass is 274 g/mol. The van der Waals surface area contributed by atoms with Crippen LogP contribution in [0.4, 0.5) is 8.78 Å². The molecule has 0 aliphatic heterocycles. The first kappa shape index (κ1) is 12.4. The summed E-state index contributed by atoms with van der Waals surface area (Å²) in [5.74, 6) is -1.53. The molecule has 0 aliphatic carbocycles. The number of carboxylic acid groups (broad SMARTS) is 1. The highest BCUT2D eigenvalue weighted by atomic mass is 35.5. The van der Waals surface area contributed by atoms with Crippen LogP contribution < -0.4 is 0 Å². The zero-order valence-electron chi connectivity index (χ0n) is 8.59. The Morgan fingerprint density at radius 3 is 2.67 bits per heavy atom. The molecular weight excluding hydrogens is 270 g/mol. The van der Waals surface area contributed by atoms with E-state index < -0.39 is 28.8 Å². The van der Waals surface area contributed by atoms with E-state index in [4.69, 9.17) is 16.7 Å². The smallest absolute Gasteiger partial charge is 0.341 e. The van der Waals surface area contributed by atoms with E-state index in [1.165, 1.54) is 18.3 Å². The van der Waals surface area contributed by atoms with Gasteiger partial charge >= 0.3 is 5.97 Å². The molecule has 0 unspecified atom stereocenters. The SMILES string of the molecule is O=C(O)c1c(C(F)F)nn(-c2cccnn2)c1Cl. The number of nitrogens with zero attached hydrogens (tertiary/aromatic N) is 4. The molecule has 2 heterocycles. The molecule has 0 bridgehead atoms. The van der Waals surface area contributed by atoms with Gasteiger partial charge in [0.25, 0.3) is 6.43 Å². The van der Waals surface area contributed by atoms with Crippen molar-refractivity contribution in [2.75, 3.05) is 0 Å². The number of carboxylic acids is 1. The highest BCUT2D eigenvalue weighted by Crippen LogP contribution is 2.29. The Bertz CT molecular complexity index is 588. The average molecular weight is 275 g/mol. The highest BCUT2D eigenvalue weighted by molar-refractivity contribution is 6.32. The molecule has 0 saturated heterocycles. The lowest BCUT2D eigenvalue weighted by atomic mass is 10.2. The number of aromatic carboxylic acids is 1. The van der Waals surface area contributed by atoms with Gasteiger partial charge in [0.15, 0.2) is 5.82 Å². The van der Waals surface area contributed by atoms with E-state index in [0.29, 0.717) is 0 Å². The van der Waals surface area contributed by atoms with Crippen molar-refractivity contribution in [2.45, 2.75) is 6.43 Å². The molecule has 0 saturated carbocycles. The van der Waals surface area contributed by atoms with Crippen molar-refractivity contribution in [3.05, 3.63) is 34.7 Å². The van der Waals surface area contributed by atoms with E-state index in [1.807, 2.05) is 0 Å². The highest BCUT2D eigenvalue weighted by Gasteiger charge is 2.28. The minimum atomic E-state index is -3.05. The summed E-state index contributed by atoms with van der Waals surface area (Å²) in [5.41, 5.74) is -1.64. The van der Waals surface area contributed by atoms with Crippen LogP contribution in [0.15, 0.2) is 18.3 Å². The van der Waals surface area contributed by atoms with E-state index in [9.17, 15) is 13.6 Å². The lowest BCUT2D eigenvalue weighted by Gasteiger charge is -1.99. The Kier molecular flexibility index (Phi) is 3.19. The molecule has 1 N–H and O–H groups in total. The Hall–Kier alpha value is -2.09. The Morgan fingerprint density at radius 1 is 1.50 bits per heavy atom. The molecule has 0 spiro atoms. The number of alkyl halides is 2. The molecule has 94 valence electrons. The third-order valence-electron chi connectivity index (χ3n) is 2.05. The van der Waals surface area contributed by atoms with Gasteiger partial charge < -0.3 is 5.11 Å². The predicted molar refractivity (Wildman–Crippen MR) is 56.1 cm³/mol. The van der Waals surface area contributed by atoms with Crippen molar-refractivity contribution >= 4 is 17.6 Å². The number of aromatic nitrogens is 4. The maximum Gasteiger partial charge on any atom is 0.341 e. The summed E-state index contributed by atoms with van der Waals surface area (Å²) in [6.45, 7) is 0. The normalized spacial score (nSPS) is 10.9. The van der Waals surface area contributed by atoms with Crippen LogP contribution in [0.25, 0.3) is 5.82 Å². The first-order valence-corrected chi connectivity index (χ1v) is 4.98. The zero-order chi connectivity index (χ0) is 13.3. The Labute approximate surface area is 104 Å². The summed E-state index contributed by atoms with van der Waals surface area (Å²) in [6.07, 6.45) is -1.68. The molecule has 9 heteroatoms. The van der Waals surface area contributed by atoms with E-state index in [1.54, 1.807) is 0 Å². The van der Waals surface area contributed by atoms with Gasteiger partial charge in [-0.1, -0.05) is 11.6 Å². The quantitative estimate of drug-likeness (QED) is 0.925. The van der Waals surface area contributed by atoms with Crippen LogP contribution in [0, 0.1) is 0 Å². The summed E-state index contributed by atoms with van der Waals surface area (Å²) in [4.78, 5) is 10.9. The molecular formula is C9H5ClF2N4O2. The topological polar surface area (TPSA) is 80.9 Å². The first-order chi connectivity index (χ1) is 8.52. The fourth-order valence-electron chi connectivity index (χ4n) is 1.32. The van der Waals surface area contributed by atoms with E-state index in [2.05, 4.69) is 15.3 Å². The van der Waals surface area contributed by atoms with Crippen LogP contribution >= 0.6 is 11.6 Å². The zero-order valence-corrected chi connectivity index (χ0v) is 9.34. The van der Waals surface area contributed by atoms with E-state index in [-0.39, 0.29) is 5.82 Å². The van der Waals surface area contributed by atoms with Crippen LogP contribution in [0.3, 0.4) is 0 Å². The average Bonchev–Trinajstić information content (AvgIpc) is 2.68. The van der Waals surface area contributed by atoms with Crippen LogP contribution in [0.1, 0.15) is 22.5 Å². The second-order valence-corrected chi connectivity index (χ2v) is 3.51. The van der Waals surface area contributed by atoms with Gasteiger partial charge in [0.2, 0.25) is 0 Å². The number of halogens is 3. The van der Waals surface area contributed by atoms with Gasteiger partial charge in [-0.05, 0) is 12.1 Å². The first-order valence-electron chi connectivity index (χ1n) is 4.60. The third-order valence-corrected chi connectivity index (χ3v) is 2.40. The van der Waals surface area contributed by atoms with Crippen LogP contribution in [0.5, 0.6) is 0 Å².